The van der Waals surface area contributed by atoms with Gasteiger partial charge in [0.15, 0.2) is 0 Å². The molecule has 7 heteroatoms. The van der Waals surface area contributed by atoms with Crippen LogP contribution in [0.15, 0.2) is 42.5 Å². The number of hydrogen-bond donors (Lipinski definition) is 3. The lowest BCUT2D eigenvalue weighted by Crippen LogP contribution is -2.35. The van der Waals surface area contributed by atoms with Crippen molar-refractivity contribution in [2.24, 2.45) is 5.92 Å². The van der Waals surface area contributed by atoms with E-state index in [9.17, 15) is 9.59 Å². The zero-order valence-electron chi connectivity index (χ0n) is 16.0. The Bertz CT molecular complexity index is 956. The quantitative estimate of drug-likeness (QED) is 0.722. The fraction of sp³-hybridized carbons (Fsp3) is 0.364. The highest BCUT2D eigenvalue weighted by atomic mass is 35.5. The third-order valence-electron chi connectivity index (χ3n) is 6.14. The molecule has 5 rings (SSSR count). The molecule has 2 aliphatic heterocycles. The summed E-state index contributed by atoms with van der Waals surface area (Å²) in [5.74, 6) is -0.261. The van der Waals surface area contributed by atoms with Crippen molar-refractivity contribution in [1.82, 2.24) is 10.7 Å². The Hall–Kier alpha value is -2.57. The lowest BCUT2D eigenvalue weighted by atomic mass is 9.88. The molecule has 1 saturated carbocycles. The molecule has 2 fully saturated rings. The van der Waals surface area contributed by atoms with E-state index in [1.54, 1.807) is 17.1 Å². The van der Waals surface area contributed by atoms with E-state index >= 15 is 0 Å². The molecule has 3 N–H and O–H groups in total. The highest BCUT2D eigenvalue weighted by Crippen LogP contribution is 2.40. The SMILES string of the molecule is O=C(NC1CCCC1)c1ccc2c(c1)C1NN(c3ccc(Cl)cc3)C(=O)C1CN2. The minimum atomic E-state index is -0.230. The molecule has 3 aliphatic rings. The van der Waals surface area contributed by atoms with Crippen molar-refractivity contribution in [2.45, 2.75) is 37.8 Å². The molecule has 1 aliphatic carbocycles. The Kier molecular flexibility index (Phi) is 4.68. The maximum Gasteiger partial charge on any atom is 0.251 e. The number of fused-ring (bicyclic) bond motifs is 3. The molecule has 2 amide bonds. The van der Waals surface area contributed by atoms with Crippen molar-refractivity contribution in [3.63, 3.8) is 0 Å². The Labute approximate surface area is 174 Å². The summed E-state index contributed by atoms with van der Waals surface area (Å²) in [6, 6.07) is 13.0. The highest BCUT2D eigenvalue weighted by Gasteiger charge is 2.44. The van der Waals surface area contributed by atoms with E-state index in [0.29, 0.717) is 17.1 Å². The smallest absolute Gasteiger partial charge is 0.251 e. The summed E-state index contributed by atoms with van der Waals surface area (Å²) in [5.41, 5.74) is 6.64. The maximum atomic E-state index is 13.0. The molecule has 2 atom stereocenters. The fourth-order valence-corrected chi connectivity index (χ4v) is 4.69. The Morgan fingerprint density at radius 3 is 2.62 bits per heavy atom. The summed E-state index contributed by atoms with van der Waals surface area (Å²) in [5, 5.41) is 8.70. The maximum absolute atomic E-state index is 13.0. The number of carbonyl (C=O) groups excluding carboxylic acids is 2. The number of nitrogens with one attached hydrogen (secondary N) is 3. The van der Waals surface area contributed by atoms with Gasteiger partial charge in [0.2, 0.25) is 5.91 Å². The number of hydrogen-bond acceptors (Lipinski definition) is 4. The standard InChI is InChI=1S/C22H23ClN4O2/c23-14-6-8-16(9-7-14)27-22(29)18-12-24-19-10-5-13(11-17(19)20(18)26-27)21(28)25-15-3-1-2-4-15/h5-11,15,18,20,24,26H,1-4,12H2,(H,25,28). The van der Waals surface area contributed by atoms with Crippen molar-refractivity contribution in [1.29, 1.82) is 0 Å². The number of halogens is 1. The first kappa shape index (κ1) is 18.5. The molecule has 0 spiro atoms. The predicted molar refractivity (Wildman–Crippen MR) is 113 cm³/mol. The van der Waals surface area contributed by atoms with Crippen LogP contribution in [0.1, 0.15) is 47.6 Å². The summed E-state index contributed by atoms with van der Waals surface area (Å²) in [6.45, 7) is 0.557. The van der Waals surface area contributed by atoms with Gasteiger partial charge in [-0.2, -0.15) is 0 Å². The van der Waals surface area contributed by atoms with Gasteiger partial charge < -0.3 is 10.6 Å². The second kappa shape index (κ2) is 7.35. The van der Waals surface area contributed by atoms with E-state index in [1.807, 2.05) is 30.3 Å². The first-order chi connectivity index (χ1) is 14.1. The molecule has 150 valence electrons. The summed E-state index contributed by atoms with van der Waals surface area (Å²) >= 11 is 5.98. The van der Waals surface area contributed by atoms with Crippen LogP contribution in [0.4, 0.5) is 11.4 Å². The lowest BCUT2D eigenvalue weighted by Gasteiger charge is -2.27. The van der Waals surface area contributed by atoms with Crippen LogP contribution >= 0.6 is 11.6 Å². The predicted octanol–water partition coefficient (Wildman–Crippen LogP) is 3.65. The van der Waals surface area contributed by atoms with Gasteiger partial charge in [0.25, 0.3) is 5.91 Å². The van der Waals surface area contributed by atoms with Crippen LogP contribution in [0.3, 0.4) is 0 Å². The second-order valence-corrected chi connectivity index (χ2v) is 8.44. The molecular weight excluding hydrogens is 388 g/mol. The van der Waals surface area contributed by atoms with Gasteiger partial charge in [-0.25, -0.2) is 10.4 Å². The number of rotatable bonds is 3. The number of amides is 2. The van der Waals surface area contributed by atoms with E-state index < -0.39 is 0 Å². The minimum absolute atomic E-state index is 0.0104. The number of anilines is 2. The first-order valence-corrected chi connectivity index (χ1v) is 10.5. The van der Waals surface area contributed by atoms with E-state index in [2.05, 4.69) is 16.1 Å². The molecule has 0 bridgehead atoms. The average Bonchev–Trinajstić information content (AvgIpc) is 3.36. The number of carbonyl (C=O) groups is 2. The molecular formula is C22H23ClN4O2. The molecule has 0 aromatic heterocycles. The third kappa shape index (κ3) is 3.36. The van der Waals surface area contributed by atoms with E-state index in [1.165, 1.54) is 12.8 Å². The van der Waals surface area contributed by atoms with Gasteiger partial charge in [-0.05, 0) is 60.9 Å². The summed E-state index contributed by atoms with van der Waals surface area (Å²) in [4.78, 5) is 25.7. The zero-order chi connectivity index (χ0) is 20.0. The number of nitrogens with zero attached hydrogens (tertiary/aromatic N) is 1. The van der Waals surface area contributed by atoms with Crippen LogP contribution in [0.2, 0.25) is 5.02 Å². The molecule has 1 saturated heterocycles. The summed E-state index contributed by atoms with van der Waals surface area (Å²) in [6.07, 6.45) is 4.45. The van der Waals surface area contributed by atoms with E-state index in [-0.39, 0.29) is 29.8 Å². The Balaban J connectivity index is 1.41. The van der Waals surface area contributed by atoms with Crippen molar-refractivity contribution < 1.29 is 9.59 Å². The molecule has 29 heavy (non-hydrogen) atoms. The topological polar surface area (TPSA) is 73.5 Å². The van der Waals surface area contributed by atoms with Crippen LogP contribution < -0.4 is 21.1 Å². The monoisotopic (exact) mass is 410 g/mol. The van der Waals surface area contributed by atoms with E-state index in [4.69, 9.17) is 11.6 Å². The van der Waals surface area contributed by atoms with Crippen LogP contribution in [-0.2, 0) is 4.79 Å². The van der Waals surface area contributed by atoms with Gasteiger partial charge in [-0.3, -0.25) is 9.59 Å². The fourth-order valence-electron chi connectivity index (χ4n) is 4.57. The number of benzene rings is 2. The van der Waals surface area contributed by atoms with Gasteiger partial charge in [0.05, 0.1) is 17.6 Å². The Morgan fingerprint density at radius 1 is 1.10 bits per heavy atom. The normalized spacial score (nSPS) is 23.5. The van der Waals surface area contributed by atoms with Crippen molar-refractivity contribution in [2.75, 3.05) is 16.9 Å². The zero-order valence-corrected chi connectivity index (χ0v) is 16.7. The van der Waals surface area contributed by atoms with Crippen LogP contribution in [0, 0.1) is 5.92 Å². The second-order valence-electron chi connectivity index (χ2n) is 8.00. The summed E-state index contributed by atoms with van der Waals surface area (Å²) in [7, 11) is 0. The molecule has 0 radical (unpaired) electrons. The Morgan fingerprint density at radius 2 is 1.86 bits per heavy atom. The summed E-state index contributed by atoms with van der Waals surface area (Å²) < 4.78 is 0. The van der Waals surface area contributed by atoms with Gasteiger partial charge in [0.1, 0.15) is 0 Å². The van der Waals surface area contributed by atoms with Crippen LogP contribution in [0.5, 0.6) is 0 Å². The third-order valence-corrected chi connectivity index (χ3v) is 6.40. The van der Waals surface area contributed by atoms with Gasteiger partial charge in [-0.15, -0.1) is 0 Å². The molecule has 6 nitrogen and oxygen atoms in total. The van der Waals surface area contributed by atoms with Crippen molar-refractivity contribution in [3.05, 3.63) is 58.6 Å². The minimum Gasteiger partial charge on any atom is -0.384 e. The average molecular weight is 411 g/mol. The van der Waals surface area contributed by atoms with Gasteiger partial charge >= 0.3 is 0 Å². The van der Waals surface area contributed by atoms with Crippen molar-refractivity contribution in [3.8, 4) is 0 Å². The van der Waals surface area contributed by atoms with E-state index in [0.717, 1.165) is 29.8 Å². The molecule has 2 heterocycles. The largest absolute Gasteiger partial charge is 0.384 e. The van der Waals surface area contributed by atoms with Crippen LogP contribution in [-0.4, -0.2) is 24.4 Å². The molecule has 2 unspecified atom stereocenters. The highest BCUT2D eigenvalue weighted by molar-refractivity contribution is 6.30. The van der Waals surface area contributed by atoms with Crippen molar-refractivity contribution >= 4 is 34.8 Å². The molecule has 2 aromatic rings. The lowest BCUT2D eigenvalue weighted by molar-refractivity contribution is -0.120. The molecule has 2 aromatic carbocycles. The van der Waals surface area contributed by atoms with Crippen LogP contribution in [0.25, 0.3) is 0 Å². The van der Waals surface area contributed by atoms with Gasteiger partial charge in [0, 0.05) is 28.9 Å². The first-order valence-electron chi connectivity index (χ1n) is 10.1. The van der Waals surface area contributed by atoms with Gasteiger partial charge in [-0.1, -0.05) is 24.4 Å². The number of hydrazine groups is 1.